The number of fused-ring (bicyclic) bond motifs is 1. The molecule has 0 aliphatic rings. The lowest BCUT2D eigenvalue weighted by atomic mass is 9.51. The largest absolute Gasteiger partial charge is 0.506 e. The summed E-state index contributed by atoms with van der Waals surface area (Å²) in [7, 11) is 0. The Morgan fingerprint density at radius 3 is 1.78 bits per heavy atom. The molecule has 0 radical (unpaired) electrons. The van der Waals surface area contributed by atoms with Gasteiger partial charge in [-0.3, -0.25) is 14.4 Å². The maximum absolute atomic E-state index is 14.5. The van der Waals surface area contributed by atoms with Crippen LogP contribution in [0.4, 0.5) is 0 Å². The zero-order valence-electron chi connectivity index (χ0n) is 36.0. The number of esters is 3. The summed E-state index contributed by atoms with van der Waals surface area (Å²) in [6, 6.07) is 13.1. The van der Waals surface area contributed by atoms with E-state index in [4.69, 9.17) is 14.2 Å². The molecule has 0 amide bonds. The van der Waals surface area contributed by atoms with Crippen molar-refractivity contribution in [3.8, 4) is 11.4 Å². The average Bonchev–Trinajstić information content (AvgIpc) is 3.54. The van der Waals surface area contributed by atoms with E-state index >= 15 is 0 Å². The number of benzene rings is 2. The highest BCUT2D eigenvalue weighted by Crippen LogP contribution is 2.57. The zero-order valence-corrected chi connectivity index (χ0v) is 36.0. The van der Waals surface area contributed by atoms with Gasteiger partial charge in [-0.05, 0) is 132 Å². The fourth-order valence-electron chi connectivity index (χ4n) is 7.86. The summed E-state index contributed by atoms with van der Waals surface area (Å²) in [5, 5.41) is 19.6. The van der Waals surface area contributed by atoms with E-state index in [1.165, 1.54) is 4.80 Å². The molecule has 2 aromatic carbocycles. The van der Waals surface area contributed by atoms with Crippen molar-refractivity contribution in [1.82, 2.24) is 15.0 Å². The molecule has 0 spiro atoms. The Bertz CT molecular complexity index is 1700. The van der Waals surface area contributed by atoms with Gasteiger partial charge in [0, 0.05) is 0 Å². The predicted octanol–water partition coefficient (Wildman–Crippen LogP) is 10.2. The van der Waals surface area contributed by atoms with Crippen LogP contribution >= 0.6 is 0 Å². The molecule has 0 saturated heterocycles. The number of hydrogen-bond donors (Lipinski definition) is 1. The van der Waals surface area contributed by atoms with Gasteiger partial charge >= 0.3 is 17.9 Å². The maximum atomic E-state index is 14.5. The summed E-state index contributed by atoms with van der Waals surface area (Å²) in [5.41, 5.74) is 0.202. The number of rotatable bonds is 20. The molecule has 1 aromatic heterocycles. The first-order chi connectivity index (χ1) is 25.7. The van der Waals surface area contributed by atoms with Gasteiger partial charge in [-0.15, -0.1) is 15.0 Å². The van der Waals surface area contributed by atoms with E-state index in [9.17, 15) is 19.5 Å². The highest BCUT2D eigenvalue weighted by atomic mass is 16.6. The Kier molecular flexibility index (Phi) is 15.5. The zero-order chi connectivity index (χ0) is 41.4. The monoisotopic (exact) mass is 764 g/mol. The summed E-state index contributed by atoms with van der Waals surface area (Å²) in [6.07, 6.45) is 4.60. The number of ether oxygens (including phenoxy) is 3. The van der Waals surface area contributed by atoms with Crippen LogP contribution in [0.1, 0.15) is 141 Å². The molecule has 10 nitrogen and oxygen atoms in total. The molecular formula is C45H69N3O7. The van der Waals surface area contributed by atoms with Crippen molar-refractivity contribution in [2.45, 2.75) is 154 Å². The summed E-state index contributed by atoms with van der Waals surface area (Å²) < 4.78 is 17.9. The van der Waals surface area contributed by atoms with Gasteiger partial charge in [-0.1, -0.05) is 73.6 Å². The lowest BCUT2D eigenvalue weighted by Crippen LogP contribution is -2.54. The third-order valence-electron chi connectivity index (χ3n) is 12.0. The second-order valence-electron chi connectivity index (χ2n) is 17.9. The number of unbranched alkanes of at least 4 members (excludes halogenated alkanes) is 2. The minimum absolute atomic E-state index is 0.108. The summed E-state index contributed by atoms with van der Waals surface area (Å²) >= 11 is 0. The molecule has 55 heavy (non-hydrogen) atoms. The van der Waals surface area contributed by atoms with E-state index < -0.39 is 45.4 Å². The molecule has 10 heteroatoms. The van der Waals surface area contributed by atoms with Gasteiger partial charge in [0.05, 0.1) is 36.1 Å². The smallest absolute Gasteiger partial charge is 0.312 e. The van der Waals surface area contributed by atoms with Gasteiger partial charge in [0.1, 0.15) is 22.5 Å². The minimum Gasteiger partial charge on any atom is -0.506 e. The van der Waals surface area contributed by atoms with Crippen molar-refractivity contribution >= 4 is 28.9 Å². The Hall–Kier alpha value is -3.95. The van der Waals surface area contributed by atoms with Crippen LogP contribution in [0.15, 0.2) is 42.5 Å². The van der Waals surface area contributed by atoms with Gasteiger partial charge < -0.3 is 19.3 Å². The van der Waals surface area contributed by atoms with Gasteiger partial charge in [0.15, 0.2) is 0 Å². The molecular weight excluding hydrogens is 695 g/mol. The molecule has 3 aromatic rings. The number of phenols is 1. The van der Waals surface area contributed by atoms with Crippen LogP contribution < -0.4 is 0 Å². The number of nitrogens with zero attached hydrogens (tertiary/aromatic N) is 3. The molecule has 3 atom stereocenters. The van der Waals surface area contributed by atoms with Crippen molar-refractivity contribution in [3.05, 3.63) is 48.0 Å². The van der Waals surface area contributed by atoms with Crippen LogP contribution in [0.5, 0.6) is 5.75 Å². The highest BCUT2D eigenvalue weighted by molar-refractivity contribution is 5.84. The van der Waals surface area contributed by atoms with Crippen LogP contribution in [0, 0.1) is 33.5 Å². The van der Waals surface area contributed by atoms with Crippen LogP contribution in [-0.4, -0.2) is 56.8 Å². The fourth-order valence-corrected chi connectivity index (χ4v) is 7.86. The number of aromatic nitrogens is 3. The second-order valence-corrected chi connectivity index (χ2v) is 17.9. The third kappa shape index (κ3) is 10.9. The van der Waals surface area contributed by atoms with Crippen LogP contribution in [0.2, 0.25) is 0 Å². The summed E-state index contributed by atoms with van der Waals surface area (Å²) in [5.74, 6) is -2.68. The number of phenolic OH excluding ortho intramolecular Hbond substituents is 1. The lowest BCUT2D eigenvalue weighted by molar-refractivity contribution is -0.184. The molecule has 1 heterocycles. The first kappa shape index (κ1) is 45.4. The molecule has 0 aliphatic heterocycles. The van der Waals surface area contributed by atoms with Crippen molar-refractivity contribution in [1.29, 1.82) is 0 Å². The topological polar surface area (TPSA) is 130 Å². The van der Waals surface area contributed by atoms with Crippen LogP contribution in [-0.2, 0) is 35.0 Å². The van der Waals surface area contributed by atoms with Gasteiger partial charge in [-0.25, -0.2) is 0 Å². The minimum atomic E-state index is -0.984. The van der Waals surface area contributed by atoms with Gasteiger partial charge in [0.25, 0.3) is 0 Å². The maximum Gasteiger partial charge on any atom is 0.312 e. The molecule has 0 fully saturated rings. The fraction of sp³-hybridized carbons (Fsp3) is 0.667. The Morgan fingerprint density at radius 1 is 0.745 bits per heavy atom. The molecule has 3 rings (SSSR count). The van der Waals surface area contributed by atoms with Crippen molar-refractivity contribution in [3.63, 3.8) is 0 Å². The van der Waals surface area contributed by atoms with E-state index in [0.29, 0.717) is 37.8 Å². The Labute approximate surface area is 330 Å². The number of hydrogen-bond acceptors (Lipinski definition) is 9. The number of aryl methyl sites for hydroxylation is 1. The van der Waals surface area contributed by atoms with Gasteiger partial charge in [0.2, 0.25) is 0 Å². The SMILES string of the molecule is CCC(CC)(CC(C)(C(=O)OCCCCCc1ccc(O)c(-n2nc3ccccc3n2)c1)C(C)(C)CC)C(C(=O)OC(C)C)C(C(=O)OC(C)C)C(C)(C)C. The normalized spacial score (nSPS) is 14.8. The van der Waals surface area contributed by atoms with Crippen LogP contribution in [0.3, 0.4) is 0 Å². The third-order valence-corrected chi connectivity index (χ3v) is 12.0. The van der Waals surface area contributed by atoms with Crippen molar-refractivity contribution in [2.24, 2.45) is 33.5 Å². The molecule has 0 bridgehead atoms. The summed E-state index contributed by atoms with van der Waals surface area (Å²) in [4.78, 5) is 44.2. The van der Waals surface area contributed by atoms with E-state index in [-0.39, 0.29) is 30.5 Å². The number of carbonyl (C=O) groups excluding carboxylic acids is 3. The lowest BCUT2D eigenvalue weighted by Gasteiger charge is -2.52. The molecule has 1 N–H and O–H groups in total. The first-order valence-electron chi connectivity index (χ1n) is 20.4. The molecule has 306 valence electrons. The van der Waals surface area contributed by atoms with E-state index in [2.05, 4.69) is 31.0 Å². The Balaban J connectivity index is 1.81. The predicted molar refractivity (Wildman–Crippen MR) is 218 cm³/mol. The molecule has 0 saturated carbocycles. The van der Waals surface area contributed by atoms with Gasteiger partial charge in [-0.2, -0.15) is 0 Å². The number of aromatic hydroxyl groups is 1. The highest BCUT2D eigenvalue weighted by Gasteiger charge is 2.59. The number of carbonyl (C=O) groups is 3. The van der Waals surface area contributed by atoms with E-state index in [1.807, 2.05) is 106 Å². The Morgan fingerprint density at radius 2 is 1.29 bits per heavy atom. The standard InChI is InChI=1S/C45H69N3O7/c1-14-43(11,12)44(13,29-45(15-2,16-3)38(40(51)55-31(6)7)37(42(8,9)10)39(50)54-30(4)5)41(52)53-27-21-17-18-22-32-25-26-36(49)35(28-32)48-46-33-23-19-20-24-34(33)47-48/h19-20,23-26,28,30-31,37-38,49H,14-18,21-22,27,29H2,1-13H3. The second kappa shape index (κ2) is 18.8. The van der Waals surface area contributed by atoms with Crippen molar-refractivity contribution in [2.75, 3.05) is 6.61 Å². The quantitative estimate of drug-likeness (QED) is 0.0679. The summed E-state index contributed by atoms with van der Waals surface area (Å²) in [6.45, 7) is 25.7. The first-order valence-corrected chi connectivity index (χ1v) is 20.4. The molecule has 3 unspecified atom stereocenters. The average molecular weight is 764 g/mol. The van der Waals surface area contributed by atoms with Crippen LogP contribution in [0.25, 0.3) is 16.7 Å². The van der Waals surface area contributed by atoms with E-state index in [0.717, 1.165) is 35.9 Å². The van der Waals surface area contributed by atoms with Crippen molar-refractivity contribution < 1.29 is 33.7 Å². The van der Waals surface area contributed by atoms with E-state index in [1.54, 1.807) is 6.07 Å². The molecule has 0 aliphatic carbocycles.